The maximum absolute atomic E-state index is 2.52. The van der Waals surface area contributed by atoms with Gasteiger partial charge in [-0.2, -0.15) is 0 Å². The number of hydrogen-bond acceptors (Lipinski definition) is 2. The summed E-state index contributed by atoms with van der Waals surface area (Å²) in [6.07, 6.45) is 0. The molecule has 1 heterocycles. The summed E-state index contributed by atoms with van der Waals surface area (Å²) in [6, 6.07) is 87.4. The Hall–Kier alpha value is -7.52. The third kappa shape index (κ3) is 5.53. The molecule has 0 aliphatic heterocycles. The number of benzene rings is 10. The molecular weight excluding hydrogens is 755 g/mol. The van der Waals surface area contributed by atoms with Crippen LogP contribution in [0.5, 0.6) is 0 Å². The first kappa shape index (κ1) is 35.4. The van der Waals surface area contributed by atoms with Crippen molar-refractivity contribution in [2.24, 2.45) is 0 Å². The molecule has 0 fully saturated rings. The first-order chi connectivity index (χ1) is 30.3. The predicted molar refractivity (Wildman–Crippen MR) is 260 cm³/mol. The third-order valence-electron chi connectivity index (χ3n) is 12.7. The number of anilines is 3. The van der Waals surface area contributed by atoms with Gasteiger partial charge < -0.3 is 4.90 Å². The van der Waals surface area contributed by atoms with Gasteiger partial charge in [0, 0.05) is 37.0 Å². The maximum Gasteiger partial charge on any atom is 0.0714 e. The predicted octanol–water partition coefficient (Wildman–Crippen LogP) is 16.4. The number of hydrogen-bond donors (Lipinski definition) is 0. The fourth-order valence-corrected chi connectivity index (χ4v) is 11.3. The van der Waals surface area contributed by atoms with E-state index in [4.69, 9.17) is 0 Å². The summed E-state index contributed by atoms with van der Waals surface area (Å²) in [7, 11) is 0. The molecule has 0 atom stereocenters. The van der Waals surface area contributed by atoms with Gasteiger partial charge in [-0.1, -0.05) is 194 Å². The summed E-state index contributed by atoms with van der Waals surface area (Å²) >= 11 is 1.87. The highest BCUT2D eigenvalue weighted by atomic mass is 32.1. The van der Waals surface area contributed by atoms with Crippen molar-refractivity contribution in [3.05, 3.63) is 259 Å². The number of thiophene rings is 1. The molecule has 0 radical (unpaired) electrons. The van der Waals surface area contributed by atoms with Crippen LogP contribution in [-0.4, -0.2) is 0 Å². The Kier molecular flexibility index (Phi) is 8.33. The Morgan fingerprint density at radius 2 is 0.934 bits per heavy atom. The molecule has 0 bridgehead atoms. The highest BCUT2D eigenvalue weighted by molar-refractivity contribution is 7.25. The Morgan fingerprint density at radius 3 is 1.74 bits per heavy atom. The summed E-state index contributed by atoms with van der Waals surface area (Å²) < 4.78 is 2.60. The SMILES string of the molecule is c1ccc(C2(c3ccccc3)c3ccccc3-c3c(N(c4ccc(-c5ccc6ccccc6c5)cc4)c4ccccc4-c4cccc5sc6ccccc6c45)cccc32)cc1. The second kappa shape index (κ2) is 14.3. The smallest absolute Gasteiger partial charge is 0.0714 e. The second-order valence-electron chi connectivity index (χ2n) is 16.0. The monoisotopic (exact) mass is 793 g/mol. The number of para-hydroxylation sites is 1. The van der Waals surface area contributed by atoms with Crippen LogP contribution in [0, 0.1) is 0 Å². The van der Waals surface area contributed by atoms with E-state index >= 15 is 0 Å². The van der Waals surface area contributed by atoms with Gasteiger partial charge in [-0.05, 0) is 97.7 Å². The summed E-state index contributed by atoms with van der Waals surface area (Å²) in [5.74, 6) is 0. The Balaban J connectivity index is 1.14. The molecule has 1 aliphatic carbocycles. The molecule has 0 saturated carbocycles. The molecule has 0 saturated heterocycles. The molecular formula is C59H39NS. The van der Waals surface area contributed by atoms with E-state index in [1.54, 1.807) is 0 Å². The molecule has 12 rings (SSSR count). The minimum absolute atomic E-state index is 0.517. The van der Waals surface area contributed by atoms with E-state index in [2.05, 4.69) is 241 Å². The normalized spacial score (nSPS) is 12.7. The van der Waals surface area contributed by atoms with Gasteiger partial charge in [0.2, 0.25) is 0 Å². The molecule has 0 unspecified atom stereocenters. The van der Waals surface area contributed by atoms with E-state index < -0.39 is 5.41 Å². The average molecular weight is 794 g/mol. The van der Waals surface area contributed by atoms with Crippen molar-refractivity contribution in [3.8, 4) is 33.4 Å². The van der Waals surface area contributed by atoms with Crippen molar-refractivity contribution < 1.29 is 0 Å². The standard InChI is InChI=1S/C59H39NS/c1-3-19-44(20-4-1)59(45-21-5-2-6-22-45)51-27-12-9-24-49(51)58-52(59)28-16-30-54(58)60(46-37-35-41(36-38-46)43-34-33-40-17-7-8-18-42(40)39-43)53-29-13-10-23-47(53)48-26-15-32-56-57(48)50-25-11-14-31-55(50)61-56/h1-39H. The van der Waals surface area contributed by atoms with Gasteiger partial charge in [0.25, 0.3) is 0 Å². The van der Waals surface area contributed by atoms with E-state index in [0.717, 1.165) is 17.1 Å². The van der Waals surface area contributed by atoms with Crippen molar-refractivity contribution in [1.29, 1.82) is 0 Å². The molecule has 0 N–H and O–H groups in total. The summed E-state index contributed by atoms with van der Waals surface area (Å²) in [5.41, 5.74) is 15.3. The number of rotatable bonds is 7. The number of nitrogens with zero attached hydrogens (tertiary/aromatic N) is 1. The van der Waals surface area contributed by atoms with Crippen LogP contribution >= 0.6 is 11.3 Å². The van der Waals surface area contributed by atoms with Crippen molar-refractivity contribution in [2.45, 2.75) is 5.41 Å². The molecule has 2 heteroatoms. The van der Waals surface area contributed by atoms with Gasteiger partial charge in [-0.25, -0.2) is 0 Å². The van der Waals surface area contributed by atoms with Crippen LogP contribution in [0.4, 0.5) is 17.1 Å². The van der Waals surface area contributed by atoms with E-state index in [1.807, 2.05) is 11.3 Å². The highest BCUT2D eigenvalue weighted by Gasteiger charge is 2.47. The van der Waals surface area contributed by atoms with Crippen molar-refractivity contribution >= 4 is 59.3 Å². The van der Waals surface area contributed by atoms with Gasteiger partial charge in [-0.3, -0.25) is 0 Å². The molecule has 1 aromatic heterocycles. The fraction of sp³-hybridized carbons (Fsp3) is 0.0169. The van der Waals surface area contributed by atoms with Crippen LogP contribution in [0.25, 0.3) is 64.3 Å². The zero-order valence-electron chi connectivity index (χ0n) is 33.4. The lowest BCUT2D eigenvalue weighted by Crippen LogP contribution is -2.28. The van der Waals surface area contributed by atoms with Gasteiger partial charge in [0.05, 0.1) is 16.8 Å². The van der Waals surface area contributed by atoms with Crippen LogP contribution in [0.1, 0.15) is 22.3 Å². The molecule has 1 aliphatic rings. The quantitative estimate of drug-likeness (QED) is 0.155. The van der Waals surface area contributed by atoms with Crippen LogP contribution < -0.4 is 4.90 Å². The van der Waals surface area contributed by atoms with Crippen molar-refractivity contribution in [3.63, 3.8) is 0 Å². The topological polar surface area (TPSA) is 3.24 Å². The maximum atomic E-state index is 2.52. The zero-order chi connectivity index (χ0) is 40.3. The van der Waals surface area contributed by atoms with Gasteiger partial charge >= 0.3 is 0 Å². The van der Waals surface area contributed by atoms with E-state index in [-0.39, 0.29) is 0 Å². The van der Waals surface area contributed by atoms with Crippen molar-refractivity contribution in [2.75, 3.05) is 4.90 Å². The van der Waals surface area contributed by atoms with Crippen LogP contribution in [0.3, 0.4) is 0 Å². The second-order valence-corrected chi connectivity index (χ2v) is 17.0. The third-order valence-corrected chi connectivity index (χ3v) is 13.9. The molecule has 0 spiro atoms. The average Bonchev–Trinajstić information content (AvgIpc) is 3.87. The van der Waals surface area contributed by atoms with Gasteiger partial charge in [0.15, 0.2) is 0 Å². The fourth-order valence-electron chi connectivity index (χ4n) is 10.1. The molecule has 1 nitrogen and oxygen atoms in total. The molecule has 11 aromatic rings. The molecule has 10 aromatic carbocycles. The lowest BCUT2D eigenvalue weighted by Gasteiger charge is -2.34. The lowest BCUT2D eigenvalue weighted by molar-refractivity contribution is 0.768. The van der Waals surface area contributed by atoms with E-state index in [9.17, 15) is 0 Å². The van der Waals surface area contributed by atoms with Gasteiger partial charge in [-0.15, -0.1) is 11.3 Å². The molecule has 0 amide bonds. The van der Waals surface area contributed by atoms with Crippen molar-refractivity contribution in [1.82, 2.24) is 0 Å². The van der Waals surface area contributed by atoms with Crippen LogP contribution in [0.2, 0.25) is 0 Å². The Bertz CT molecular complexity index is 3380. The summed E-state index contributed by atoms with van der Waals surface area (Å²) in [6.45, 7) is 0. The largest absolute Gasteiger partial charge is 0.309 e. The van der Waals surface area contributed by atoms with E-state index in [1.165, 1.54) is 86.6 Å². The van der Waals surface area contributed by atoms with E-state index in [0.29, 0.717) is 0 Å². The highest BCUT2D eigenvalue weighted by Crippen LogP contribution is 2.60. The Morgan fingerprint density at radius 1 is 0.361 bits per heavy atom. The zero-order valence-corrected chi connectivity index (χ0v) is 34.2. The summed E-state index contributed by atoms with van der Waals surface area (Å²) in [5, 5.41) is 5.09. The van der Waals surface area contributed by atoms with Crippen LogP contribution in [0.15, 0.2) is 237 Å². The lowest BCUT2D eigenvalue weighted by atomic mass is 9.68. The first-order valence-electron chi connectivity index (χ1n) is 21.0. The molecule has 61 heavy (non-hydrogen) atoms. The van der Waals surface area contributed by atoms with Gasteiger partial charge in [0.1, 0.15) is 0 Å². The minimum atomic E-state index is -0.517. The molecule has 286 valence electrons. The summed E-state index contributed by atoms with van der Waals surface area (Å²) in [4.78, 5) is 2.52. The first-order valence-corrected chi connectivity index (χ1v) is 21.8. The minimum Gasteiger partial charge on any atom is -0.309 e. The number of fused-ring (bicyclic) bond motifs is 7. The Labute approximate surface area is 360 Å². The van der Waals surface area contributed by atoms with Crippen LogP contribution in [-0.2, 0) is 5.41 Å².